The van der Waals surface area contributed by atoms with Gasteiger partial charge in [-0.3, -0.25) is 4.57 Å². The SMILES string of the molecule is C=c1ccc2ccccc2/c1=C/C=C/c1nc(-n2c3ccccc3c3ccc(-c4cc5c(c6ccccc46)c4ccccc4n5-c4ccccc4)cc32)nc2ccccc12. The minimum Gasteiger partial charge on any atom is -0.309 e. The number of rotatable bonds is 5. The van der Waals surface area contributed by atoms with E-state index in [1.165, 1.54) is 48.9 Å². The number of benzene rings is 9. The number of allylic oxidation sites excluding steroid dienone is 1. The summed E-state index contributed by atoms with van der Waals surface area (Å²) in [5, 5.41) is 12.7. The van der Waals surface area contributed by atoms with Crippen molar-refractivity contribution < 1.29 is 0 Å². The maximum Gasteiger partial charge on any atom is 0.235 e. The van der Waals surface area contributed by atoms with E-state index in [0.717, 1.165) is 60.1 Å². The van der Waals surface area contributed by atoms with Crippen molar-refractivity contribution in [2.24, 2.45) is 0 Å². The van der Waals surface area contributed by atoms with Crippen LogP contribution in [0.15, 0.2) is 194 Å². The molecule has 0 unspecified atom stereocenters. The highest BCUT2D eigenvalue weighted by molar-refractivity contribution is 6.24. The highest BCUT2D eigenvalue weighted by Crippen LogP contribution is 2.43. The Kier molecular flexibility index (Phi) is 7.66. The lowest BCUT2D eigenvalue weighted by molar-refractivity contribution is 1.01. The van der Waals surface area contributed by atoms with Gasteiger partial charge in [0.05, 0.1) is 33.3 Å². The lowest BCUT2D eigenvalue weighted by Gasteiger charge is -2.13. The number of fused-ring (bicyclic) bond motifs is 10. The van der Waals surface area contributed by atoms with Crippen LogP contribution in [0.2, 0.25) is 0 Å². The predicted octanol–water partition coefficient (Wildman–Crippen LogP) is 12.7. The minimum absolute atomic E-state index is 0.629. The molecule has 4 heteroatoms. The van der Waals surface area contributed by atoms with Crippen molar-refractivity contribution in [1.29, 1.82) is 0 Å². The molecular weight excluding hydrogens is 729 g/mol. The molecular formula is C56H36N4. The summed E-state index contributed by atoms with van der Waals surface area (Å²) in [4.78, 5) is 10.6. The molecule has 0 amide bonds. The van der Waals surface area contributed by atoms with Crippen molar-refractivity contribution in [3.8, 4) is 22.8 Å². The molecule has 60 heavy (non-hydrogen) atoms. The molecule has 0 radical (unpaired) electrons. The Morgan fingerprint density at radius 1 is 0.450 bits per heavy atom. The van der Waals surface area contributed by atoms with Crippen molar-refractivity contribution in [3.63, 3.8) is 0 Å². The quantitative estimate of drug-likeness (QED) is 0.175. The molecule has 0 fully saturated rings. The molecule has 0 bridgehead atoms. The van der Waals surface area contributed by atoms with Crippen LogP contribution in [-0.2, 0) is 0 Å². The normalized spacial score (nSPS) is 12.4. The largest absolute Gasteiger partial charge is 0.309 e. The molecule has 12 rings (SSSR count). The molecule has 0 spiro atoms. The van der Waals surface area contributed by atoms with Gasteiger partial charge >= 0.3 is 0 Å². The van der Waals surface area contributed by atoms with Gasteiger partial charge < -0.3 is 4.57 Å². The molecule has 12 aromatic rings. The second kappa shape index (κ2) is 13.5. The fraction of sp³-hybridized carbons (Fsp3) is 0. The molecule has 0 N–H and O–H groups in total. The Balaban J connectivity index is 1.10. The number of para-hydroxylation sites is 4. The van der Waals surface area contributed by atoms with Gasteiger partial charge in [0, 0.05) is 32.6 Å². The highest BCUT2D eigenvalue weighted by Gasteiger charge is 2.20. The van der Waals surface area contributed by atoms with Crippen molar-refractivity contribution in [1.82, 2.24) is 19.1 Å². The van der Waals surface area contributed by atoms with Crippen LogP contribution < -0.4 is 10.4 Å². The lowest BCUT2D eigenvalue weighted by Crippen LogP contribution is -2.23. The number of hydrogen-bond acceptors (Lipinski definition) is 2. The van der Waals surface area contributed by atoms with Crippen molar-refractivity contribution in [2.45, 2.75) is 0 Å². The summed E-state index contributed by atoms with van der Waals surface area (Å²) in [6.07, 6.45) is 6.34. The number of nitrogens with zero attached hydrogens (tertiary/aromatic N) is 4. The molecule has 0 saturated heterocycles. The first kappa shape index (κ1) is 34.0. The Hall–Kier alpha value is -8.08. The molecule has 280 valence electrons. The fourth-order valence-electron chi connectivity index (χ4n) is 9.37. The standard InChI is InChI=1S/C56H36N4/c1-36-30-31-37-16-5-6-19-41(37)40(36)25-15-27-50-46-23-9-12-26-49(46)57-56(58-50)60-51-28-13-10-21-43(51)44-33-32-38(34-53(44)60)48-35-54-55(45-22-8-7-20-42(45)48)47-24-11-14-29-52(47)59(54)39-17-3-2-4-18-39/h2-35H,1H2/b27-15+,40-25+. The maximum atomic E-state index is 5.35. The Morgan fingerprint density at radius 2 is 1.10 bits per heavy atom. The summed E-state index contributed by atoms with van der Waals surface area (Å²) in [5.74, 6) is 0.629. The van der Waals surface area contributed by atoms with Gasteiger partial charge in [0.2, 0.25) is 5.95 Å². The third-order valence-electron chi connectivity index (χ3n) is 12.1. The molecule has 9 aromatic carbocycles. The van der Waals surface area contributed by atoms with Gasteiger partial charge in [0.25, 0.3) is 0 Å². The van der Waals surface area contributed by atoms with E-state index in [9.17, 15) is 0 Å². The zero-order valence-corrected chi connectivity index (χ0v) is 32.6. The Bertz CT molecular complexity index is 3850. The summed E-state index contributed by atoms with van der Waals surface area (Å²) in [5.41, 5.74) is 9.66. The van der Waals surface area contributed by atoms with E-state index in [2.05, 4.69) is 216 Å². The minimum atomic E-state index is 0.629. The van der Waals surface area contributed by atoms with Gasteiger partial charge in [-0.15, -0.1) is 0 Å². The smallest absolute Gasteiger partial charge is 0.235 e. The number of aromatic nitrogens is 4. The zero-order chi connectivity index (χ0) is 39.7. The average Bonchev–Trinajstić information content (AvgIpc) is 3.82. The lowest BCUT2D eigenvalue weighted by atomic mass is 9.94. The first-order chi connectivity index (χ1) is 29.7. The van der Waals surface area contributed by atoms with Crippen molar-refractivity contribution >= 4 is 94.8 Å². The molecule has 0 saturated carbocycles. The van der Waals surface area contributed by atoms with Crippen molar-refractivity contribution in [2.75, 3.05) is 0 Å². The summed E-state index contributed by atoms with van der Waals surface area (Å²) in [6.45, 7) is 4.35. The predicted molar refractivity (Wildman–Crippen MR) is 253 cm³/mol. The van der Waals surface area contributed by atoms with Gasteiger partial charge in [-0.2, -0.15) is 0 Å². The van der Waals surface area contributed by atoms with Crippen LogP contribution >= 0.6 is 0 Å². The fourth-order valence-corrected chi connectivity index (χ4v) is 9.37. The molecule has 3 aromatic heterocycles. The third-order valence-corrected chi connectivity index (χ3v) is 12.1. The van der Waals surface area contributed by atoms with Gasteiger partial charge in [-0.1, -0.05) is 164 Å². The van der Waals surface area contributed by atoms with Crippen LogP contribution in [0.25, 0.3) is 118 Å². The molecule has 0 aliphatic heterocycles. The Labute approximate surface area is 345 Å². The van der Waals surface area contributed by atoms with Gasteiger partial charge in [-0.05, 0) is 91.6 Å². The van der Waals surface area contributed by atoms with E-state index in [1.807, 2.05) is 6.07 Å². The molecule has 0 aliphatic carbocycles. The van der Waals surface area contributed by atoms with E-state index in [4.69, 9.17) is 9.97 Å². The molecule has 0 aliphatic rings. The van der Waals surface area contributed by atoms with E-state index in [0.29, 0.717) is 5.95 Å². The highest BCUT2D eigenvalue weighted by atomic mass is 15.2. The summed E-state index contributed by atoms with van der Waals surface area (Å²) in [6, 6.07) is 67.1. The van der Waals surface area contributed by atoms with Crippen LogP contribution in [-0.4, -0.2) is 19.1 Å². The zero-order valence-electron chi connectivity index (χ0n) is 32.6. The second-order valence-electron chi connectivity index (χ2n) is 15.4. The summed E-state index contributed by atoms with van der Waals surface area (Å²) < 4.78 is 4.64. The van der Waals surface area contributed by atoms with Gasteiger partial charge in [0.1, 0.15) is 0 Å². The molecule has 0 atom stereocenters. The topological polar surface area (TPSA) is 35.6 Å². The van der Waals surface area contributed by atoms with Crippen LogP contribution in [0.3, 0.4) is 0 Å². The number of hydrogen-bond donors (Lipinski definition) is 0. The second-order valence-corrected chi connectivity index (χ2v) is 15.4. The Morgan fingerprint density at radius 3 is 1.93 bits per heavy atom. The summed E-state index contributed by atoms with van der Waals surface area (Å²) >= 11 is 0. The van der Waals surface area contributed by atoms with Gasteiger partial charge in [-0.25, -0.2) is 9.97 Å². The third kappa shape index (κ3) is 5.25. The van der Waals surface area contributed by atoms with Crippen LogP contribution in [0.1, 0.15) is 5.69 Å². The van der Waals surface area contributed by atoms with E-state index in [1.54, 1.807) is 0 Å². The first-order valence-corrected chi connectivity index (χ1v) is 20.4. The van der Waals surface area contributed by atoms with E-state index < -0.39 is 0 Å². The molecule has 4 nitrogen and oxygen atoms in total. The summed E-state index contributed by atoms with van der Waals surface area (Å²) in [7, 11) is 0. The van der Waals surface area contributed by atoms with E-state index >= 15 is 0 Å². The van der Waals surface area contributed by atoms with Crippen LogP contribution in [0, 0.1) is 0 Å². The average molecular weight is 765 g/mol. The van der Waals surface area contributed by atoms with Crippen LogP contribution in [0.5, 0.6) is 0 Å². The van der Waals surface area contributed by atoms with Crippen molar-refractivity contribution in [3.05, 3.63) is 210 Å². The maximum absolute atomic E-state index is 5.35. The molecule has 3 heterocycles. The van der Waals surface area contributed by atoms with E-state index in [-0.39, 0.29) is 0 Å². The monoisotopic (exact) mass is 764 g/mol. The van der Waals surface area contributed by atoms with Crippen LogP contribution in [0.4, 0.5) is 0 Å². The van der Waals surface area contributed by atoms with Gasteiger partial charge in [0.15, 0.2) is 0 Å². The first-order valence-electron chi connectivity index (χ1n) is 20.4.